The van der Waals surface area contributed by atoms with E-state index in [4.69, 9.17) is 0 Å². The van der Waals surface area contributed by atoms with Crippen LogP contribution in [0.1, 0.15) is 23.9 Å². The lowest BCUT2D eigenvalue weighted by molar-refractivity contribution is -0.661. The Hall–Kier alpha value is -3.39. The van der Waals surface area contributed by atoms with Crippen molar-refractivity contribution < 1.29 is 4.57 Å². The van der Waals surface area contributed by atoms with E-state index in [9.17, 15) is 0 Å². The highest BCUT2D eigenvalue weighted by molar-refractivity contribution is 5.90. The minimum Gasteiger partial charge on any atom is -0.225 e. The van der Waals surface area contributed by atoms with Crippen molar-refractivity contribution >= 4 is 22.9 Å². The molecule has 0 saturated carbocycles. The number of nitrogens with zero attached hydrogens (tertiary/aromatic N) is 2. The zero-order valence-electron chi connectivity index (χ0n) is 16.7. The van der Waals surface area contributed by atoms with E-state index in [0.29, 0.717) is 0 Å². The number of benzene rings is 3. The Morgan fingerprint density at radius 2 is 1.64 bits per heavy atom. The van der Waals surface area contributed by atoms with Gasteiger partial charge in [0.1, 0.15) is 5.69 Å². The maximum Gasteiger partial charge on any atom is 0.295 e. The molecule has 0 spiro atoms. The fourth-order valence-corrected chi connectivity index (χ4v) is 4.03. The lowest BCUT2D eigenvalue weighted by atomic mass is 9.99. The summed E-state index contributed by atoms with van der Waals surface area (Å²) in [5.41, 5.74) is 5.88. The summed E-state index contributed by atoms with van der Waals surface area (Å²) >= 11 is 0. The van der Waals surface area contributed by atoms with Crippen LogP contribution in [0.3, 0.4) is 0 Å². The Bertz CT molecular complexity index is 1190. The number of fused-ring (bicyclic) bond motifs is 1. The van der Waals surface area contributed by atoms with Crippen molar-refractivity contribution in [3.05, 3.63) is 96.3 Å². The van der Waals surface area contributed by atoms with Gasteiger partial charge in [0.2, 0.25) is 0 Å². The fraction of sp³-hybridized carbons (Fsp3) is 0.115. The second-order valence-corrected chi connectivity index (χ2v) is 6.99. The van der Waals surface area contributed by atoms with Crippen LogP contribution in [0.25, 0.3) is 40.0 Å². The third kappa shape index (κ3) is 2.78. The van der Waals surface area contributed by atoms with E-state index in [0.717, 1.165) is 22.9 Å². The van der Waals surface area contributed by atoms with E-state index in [2.05, 4.69) is 115 Å². The Labute approximate surface area is 166 Å². The Balaban J connectivity index is 2.13. The van der Waals surface area contributed by atoms with Crippen molar-refractivity contribution in [3.63, 3.8) is 0 Å². The third-order valence-corrected chi connectivity index (χ3v) is 5.37. The van der Waals surface area contributed by atoms with Crippen molar-refractivity contribution in [2.24, 2.45) is 7.05 Å². The molecule has 0 N–H and O–H groups in total. The van der Waals surface area contributed by atoms with Crippen LogP contribution < -0.4 is 4.57 Å². The number of allylic oxidation sites excluding steroid dienone is 1. The van der Waals surface area contributed by atoms with E-state index in [-0.39, 0.29) is 0 Å². The van der Waals surface area contributed by atoms with Crippen LogP contribution in [0, 0.1) is 6.92 Å². The van der Waals surface area contributed by atoms with Crippen LogP contribution in [-0.2, 0) is 7.05 Å². The second kappa shape index (κ2) is 7.32. The number of aromatic nitrogens is 2. The summed E-state index contributed by atoms with van der Waals surface area (Å²) in [6.07, 6.45) is 6.18. The minimum absolute atomic E-state index is 1.10. The first-order chi connectivity index (χ1) is 13.7. The van der Waals surface area contributed by atoms with Gasteiger partial charge in [0.15, 0.2) is 11.4 Å². The molecular formula is C26H25N2+. The summed E-state index contributed by atoms with van der Waals surface area (Å²) in [5.74, 6) is 1.15. The van der Waals surface area contributed by atoms with E-state index < -0.39 is 0 Å². The SMILES string of the molecule is C=Cc1c(/C=C\C)n(-c2ccccc2)c(-c2ccc3ccccc3c2C)[n+]1C. The predicted molar refractivity (Wildman–Crippen MR) is 119 cm³/mol. The normalized spacial score (nSPS) is 11.4. The highest BCUT2D eigenvalue weighted by Gasteiger charge is 2.29. The highest BCUT2D eigenvalue weighted by Crippen LogP contribution is 2.32. The highest BCUT2D eigenvalue weighted by atomic mass is 15.2. The molecule has 138 valence electrons. The molecule has 0 aliphatic rings. The quantitative estimate of drug-likeness (QED) is 0.386. The van der Waals surface area contributed by atoms with Crippen molar-refractivity contribution in [1.82, 2.24) is 4.57 Å². The smallest absolute Gasteiger partial charge is 0.225 e. The molecule has 1 aromatic heterocycles. The van der Waals surface area contributed by atoms with Gasteiger partial charge in [-0.2, -0.15) is 4.57 Å². The Morgan fingerprint density at radius 1 is 0.929 bits per heavy atom. The first kappa shape index (κ1) is 18.0. The molecule has 0 unspecified atom stereocenters. The average Bonchev–Trinajstić information content (AvgIpc) is 3.00. The molecule has 0 amide bonds. The monoisotopic (exact) mass is 365 g/mol. The molecule has 4 rings (SSSR count). The third-order valence-electron chi connectivity index (χ3n) is 5.37. The molecule has 0 aliphatic carbocycles. The molecule has 28 heavy (non-hydrogen) atoms. The lowest BCUT2D eigenvalue weighted by Gasteiger charge is -2.09. The summed E-state index contributed by atoms with van der Waals surface area (Å²) in [7, 11) is 2.12. The summed E-state index contributed by atoms with van der Waals surface area (Å²) in [6, 6.07) is 23.5. The maximum absolute atomic E-state index is 4.08. The van der Waals surface area contributed by atoms with Crippen molar-refractivity contribution in [2.45, 2.75) is 13.8 Å². The van der Waals surface area contributed by atoms with Crippen molar-refractivity contribution in [1.29, 1.82) is 0 Å². The van der Waals surface area contributed by atoms with E-state index in [1.807, 2.05) is 6.08 Å². The number of hydrogen-bond acceptors (Lipinski definition) is 0. The van der Waals surface area contributed by atoms with Gasteiger partial charge in [-0.05, 0) is 60.5 Å². The summed E-state index contributed by atoms with van der Waals surface area (Å²) in [4.78, 5) is 0. The van der Waals surface area contributed by atoms with Gasteiger partial charge in [0.05, 0.1) is 12.6 Å². The zero-order valence-corrected chi connectivity index (χ0v) is 16.7. The maximum atomic E-state index is 4.08. The van der Waals surface area contributed by atoms with Gasteiger partial charge in [0.25, 0.3) is 5.82 Å². The molecule has 0 bridgehead atoms. The second-order valence-electron chi connectivity index (χ2n) is 6.99. The average molecular weight is 366 g/mol. The van der Waals surface area contributed by atoms with Gasteiger partial charge in [-0.1, -0.05) is 61.2 Å². The first-order valence-electron chi connectivity index (χ1n) is 9.61. The minimum atomic E-state index is 1.10. The number of hydrogen-bond donors (Lipinski definition) is 0. The largest absolute Gasteiger partial charge is 0.295 e. The molecule has 0 fully saturated rings. The fourth-order valence-electron chi connectivity index (χ4n) is 4.03. The van der Waals surface area contributed by atoms with Gasteiger partial charge in [-0.15, -0.1) is 0 Å². The molecule has 4 aromatic rings. The number of aryl methyl sites for hydroxylation is 1. The van der Waals surface area contributed by atoms with Crippen molar-refractivity contribution in [3.8, 4) is 17.1 Å². The molecule has 2 heteroatoms. The van der Waals surface area contributed by atoms with Gasteiger partial charge in [-0.3, -0.25) is 0 Å². The van der Waals surface area contributed by atoms with Gasteiger partial charge in [-0.25, -0.2) is 4.57 Å². The van der Waals surface area contributed by atoms with Crippen LogP contribution in [0.2, 0.25) is 0 Å². The molecular weight excluding hydrogens is 340 g/mol. The Kier molecular flexibility index (Phi) is 4.70. The van der Waals surface area contributed by atoms with Crippen LogP contribution in [0.4, 0.5) is 0 Å². The van der Waals surface area contributed by atoms with E-state index in [1.165, 1.54) is 21.9 Å². The van der Waals surface area contributed by atoms with Crippen LogP contribution in [0.5, 0.6) is 0 Å². The molecule has 2 nitrogen and oxygen atoms in total. The van der Waals surface area contributed by atoms with Crippen LogP contribution in [0.15, 0.2) is 79.4 Å². The Morgan fingerprint density at radius 3 is 2.36 bits per heavy atom. The van der Waals surface area contributed by atoms with Crippen LogP contribution >= 0.6 is 0 Å². The predicted octanol–water partition coefficient (Wildman–Crippen LogP) is 6.11. The van der Waals surface area contributed by atoms with Crippen molar-refractivity contribution in [2.75, 3.05) is 0 Å². The number of rotatable bonds is 4. The molecule has 0 saturated heterocycles. The first-order valence-corrected chi connectivity index (χ1v) is 9.61. The molecule has 0 radical (unpaired) electrons. The van der Waals surface area contributed by atoms with E-state index in [1.54, 1.807) is 0 Å². The molecule has 1 heterocycles. The molecule has 0 atom stereocenters. The van der Waals surface area contributed by atoms with E-state index >= 15 is 0 Å². The topological polar surface area (TPSA) is 8.81 Å². The van der Waals surface area contributed by atoms with Crippen LogP contribution in [-0.4, -0.2) is 4.57 Å². The van der Waals surface area contributed by atoms with Gasteiger partial charge in [0, 0.05) is 0 Å². The summed E-state index contributed by atoms with van der Waals surface area (Å²) < 4.78 is 4.57. The number of para-hydroxylation sites is 1. The molecule has 0 aliphatic heterocycles. The molecule has 3 aromatic carbocycles. The van der Waals surface area contributed by atoms with Gasteiger partial charge < -0.3 is 0 Å². The summed E-state index contributed by atoms with van der Waals surface area (Å²) in [6.45, 7) is 8.34. The standard InChI is InChI=1S/C26H25N2/c1-5-12-25-24(6-2)27(4)26(28(25)21-14-8-7-9-15-21)23-18-17-20-13-10-11-16-22(20)19(23)3/h5-18H,2H2,1,3-4H3/q+1/b12-5-. The lowest BCUT2D eigenvalue weighted by Crippen LogP contribution is -2.32. The number of imidazole rings is 1. The van der Waals surface area contributed by atoms with Gasteiger partial charge >= 0.3 is 0 Å². The summed E-state index contributed by atoms with van der Waals surface area (Å²) in [5, 5.41) is 2.55. The zero-order chi connectivity index (χ0) is 19.7.